The Morgan fingerprint density at radius 3 is 2.77 bits per heavy atom. The Morgan fingerprint density at radius 2 is 2.08 bits per heavy atom. The minimum absolute atomic E-state index is 0.244. The van der Waals surface area contributed by atoms with E-state index in [1.54, 1.807) is 0 Å². The molecule has 26 heavy (non-hydrogen) atoms. The van der Waals surface area contributed by atoms with Crippen LogP contribution in [0.1, 0.15) is 60.5 Å². The van der Waals surface area contributed by atoms with Crippen LogP contribution in [0.25, 0.3) is 11.4 Å². The standard InChI is InChI=1S/C18H19BrN6O/c1-9(2)14-13(19)15(23-22-14)18(26)20-12-5-3-4-11(8-12)17-21-16(24-25-17)10-6-7-10/h3-5,8-10H,6-7H2,1-2H3,(H,20,26)(H,22,23)(H,21,24,25). The fourth-order valence-corrected chi connectivity index (χ4v) is 3.56. The van der Waals surface area contributed by atoms with Crippen LogP contribution in [-0.4, -0.2) is 31.3 Å². The van der Waals surface area contributed by atoms with Crippen molar-refractivity contribution in [1.29, 1.82) is 0 Å². The van der Waals surface area contributed by atoms with Gasteiger partial charge in [-0.2, -0.15) is 10.2 Å². The Morgan fingerprint density at radius 1 is 1.27 bits per heavy atom. The van der Waals surface area contributed by atoms with Crippen LogP contribution in [0.3, 0.4) is 0 Å². The van der Waals surface area contributed by atoms with E-state index in [4.69, 9.17) is 0 Å². The van der Waals surface area contributed by atoms with Gasteiger partial charge in [0.05, 0.1) is 10.2 Å². The molecular formula is C18H19BrN6O. The highest BCUT2D eigenvalue weighted by molar-refractivity contribution is 9.10. The molecule has 0 radical (unpaired) electrons. The van der Waals surface area contributed by atoms with E-state index in [9.17, 15) is 4.79 Å². The second-order valence-corrected chi connectivity index (χ2v) is 7.60. The van der Waals surface area contributed by atoms with Crippen molar-refractivity contribution in [3.63, 3.8) is 0 Å². The lowest BCUT2D eigenvalue weighted by molar-refractivity contribution is 0.102. The predicted octanol–water partition coefficient (Wildman–Crippen LogP) is 4.21. The highest BCUT2D eigenvalue weighted by Crippen LogP contribution is 2.38. The Kier molecular flexibility index (Phi) is 4.36. The van der Waals surface area contributed by atoms with Crippen molar-refractivity contribution in [1.82, 2.24) is 25.4 Å². The molecule has 3 N–H and O–H groups in total. The number of aromatic nitrogens is 5. The Hall–Kier alpha value is -2.48. The fourth-order valence-electron chi connectivity index (χ4n) is 2.74. The SMILES string of the molecule is CC(C)c1[nH]nc(C(=O)Nc2cccc(-c3n[nH]c(C4CC4)n3)c2)c1Br. The maximum Gasteiger partial charge on any atom is 0.277 e. The number of H-pyrrole nitrogens is 2. The number of halogens is 1. The first-order valence-corrected chi connectivity index (χ1v) is 9.40. The zero-order valence-corrected chi connectivity index (χ0v) is 16.1. The highest BCUT2D eigenvalue weighted by atomic mass is 79.9. The Balaban J connectivity index is 1.54. The summed E-state index contributed by atoms with van der Waals surface area (Å²) < 4.78 is 0.698. The summed E-state index contributed by atoms with van der Waals surface area (Å²) in [5.41, 5.74) is 2.77. The average molecular weight is 415 g/mol. The summed E-state index contributed by atoms with van der Waals surface area (Å²) in [4.78, 5) is 17.1. The van der Waals surface area contributed by atoms with Gasteiger partial charge in [0, 0.05) is 17.2 Å². The van der Waals surface area contributed by atoms with Crippen LogP contribution in [0.15, 0.2) is 28.7 Å². The van der Waals surface area contributed by atoms with Crippen LogP contribution >= 0.6 is 15.9 Å². The van der Waals surface area contributed by atoms with E-state index in [2.05, 4.69) is 46.6 Å². The quantitative estimate of drug-likeness (QED) is 0.581. The molecule has 0 saturated heterocycles. The number of carbonyl (C=O) groups excluding carboxylic acids is 1. The molecule has 1 aliphatic carbocycles. The van der Waals surface area contributed by atoms with E-state index in [0.717, 1.165) is 17.1 Å². The molecule has 7 nitrogen and oxygen atoms in total. The molecule has 0 unspecified atom stereocenters. The summed E-state index contributed by atoms with van der Waals surface area (Å²) in [6.45, 7) is 4.08. The molecule has 1 fully saturated rings. The van der Waals surface area contributed by atoms with Gasteiger partial charge in [-0.15, -0.1) is 0 Å². The van der Waals surface area contributed by atoms with Crippen LogP contribution in [0.5, 0.6) is 0 Å². The topological polar surface area (TPSA) is 99.4 Å². The van der Waals surface area contributed by atoms with Crippen LogP contribution in [0, 0.1) is 0 Å². The number of amides is 1. The monoisotopic (exact) mass is 414 g/mol. The van der Waals surface area contributed by atoms with Crippen LogP contribution in [-0.2, 0) is 0 Å². The second-order valence-electron chi connectivity index (χ2n) is 6.81. The van der Waals surface area contributed by atoms with Gasteiger partial charge in [0.2, 0.25) is 0 Å². The number of rotatable bonds is 5. The molecule has 134 valence electrons. The van der Waals surface area contributed by atoms with E-state index >= 15 is 0 Å². The number of anilines is 1. The number of carbonyl (C=O) groups is 1. The van der Waals surface area contributed by atoms with E-state index in [1.807, 2.05) is 38.1 Å². The largest absolute Gasteiger partial charge is 0.321 e. The number of hydrogen-bond donors (Lipinski definition) is 3. The molecule has 1 amide bonds. The summed E-state index contributed by atoms with van der Waals surface area (Å²) in [5.74, 6) is 2.08. The summed E-state index contributed by atoms with van der Waals surface area (Å²) in [7, 11) is 0. The fraction of sp³-hybridized carbons (Fsp3) is 0.333. The van der Waals surface area contributed by atoms with Crippen molar-refractivity contribution in [3.05, 3.63) is 46.0 Å². The van der Waals surface area contributed by atoms with Crippen LogP contribution in [0.2, 0.25) is 0 Å². The van der Waals surface area contributed by atoms with Gasteiger partial charge in [-0.25, -0.2) is 4.98 Å². The lowest BCUT2D eigenvalue weighted by atomic mass is 10.1. The molecule has 3 aromatic rings. The molecule has 1 aliphatic rings. The third kappa shape index (κ3) is 3.29. The van der Waals surface area contributed by atoms with Crippen LogP contribution < -0.4 is 5.32 Å². The van der Waals surface area contributed by atoms with Crippen molar-refractivity contribution in [2.75, 3.05) is 5.32 Å². The smallest absolute Gasteiger partial charge is 0.277 e. The van der Waals surface area contributed by atoms with Gasteiger partial charge in [-0.1, -0.05) is 26.0 Å². The molecule has 1 saturated carbocycles. The lowest BCUT2D eigenvalue weighted by Crippen LogP contribution is -2.13. The minimum atomic E-state index is -0.272. The average Bonchev–Trinajstić information content (AvgIpc) is 3.21. The van der Waals surface area contributed by atoms with Gasteiger partial charge in [0.15, 0.2) is 11.5 Å². The van der Waals surface area contributed by atoms with E-state index in [1.165, 1.54) is 12.8 Å². The summed E-state index contributed by atoms with van der Waals surface area (Å²) >= 11 is 3.46. The maximum atomic E-state index is 12.6. The number of benzene rings is 1. The second kappa shape index (κ2) is 6.68. The molecule has 1 aromatic carbocycles. The summed E-state index contributed by atoms with van der Waals surface area (Å²) in [6.07, 6.45) is 2.34. The summed E-state index contributed by atoms with van der Waals surface area (Å²) in [5, 5.41) is 17.2. The third-order valence-electron chi connectivity index (χ3n) is 4.37. The van der Waals surface area contributed by atoms with Gasteiger partial charge in [-0.3, -0.25) is 15.0 Å². The third-order valence-corrected chi connectivity index (χ3v) is 5.17. The number of hydrogen-bond acceptors (Lipinski definition) is 4. The lowest BCUT2D eigenvalue weighted by Gasteiger charge is -2.05. The first-order chi connectivity index (χ1) is 12.5. The van der Waals surface area contributed by atoms with Gasteiger partial charge in [0.1, 0.15) is 5.82 Å². The number of nitrogens with one attached hydrogen (secondary N) is 3. The zero-order chi connectivity index (χ0) is 18.3. The molecule has 2 heterocycles. The normalized spacial score (nSPS) is 14.0. The molecular weight excluding hydrogens is 396 g/mol. The molecule has 0 atom stereocenters. The van der Waals surface area contributed by atoms with Crippen molar-refractivity contribution in [3.8, 4) is 11.4 Å². The first-order valence-electron chi connectivity index (χ1n) is 8.60. The molecule has 4 rings (SSSR count). The zero-order valence-electron chi connectivity index (χ0n) is 14.5. The number of nitrogens with zero attached hydrogens (tertiary/aromatic N) is 3. The van der Waals surface area contributed by atoms with Crippen LogP contribution in [0.4, 0.5) is 5.69 Å². The van der Waals surface area contributed by atoms with Gasteiger partial charge >= 0.3 is 0 Å². The number of aromatic amines is 2. The van der Waals surface area contributed by atoms with E-state index < -0.39 is 0 Å². The first kappa shape index (κ1) is 17.0. The van der Waals surface area contributed by atoms with E-state index in [0.29, 0.717) is 27.6 Å². The molecule has 2 aromatic heterocycles. The molecule has 0 aliphatic heterocycles. The molecule has 8 heteroatoms. The molecule has 0 bridgehead atoms. The molecule has 0 spiro atoms. The summed E-state index contributed by atoms with van der Waals surface area (Å²) in [6, 6.07) is 7.50. The van der Waals surface area contributed by atoms with Gasteiger partial charge in [-0.05, 0) is 46.8 Å². The Bertz CT molecular complexity index is 956. The van der Waals surface area contributed by atoms with Gasteiger partial charge in [0.25, 0.3) is 5.91 Å². The predicted molar refractivity (Wildman–Crippen MR) is 102 cm³/mol. The van der Waals surface area contributed by atoms with Crippen molar-refractivity contribution in [2.24, 2.45) is 0 Å². The van der Waals surface area contributed by atoms with Crippen molar-refractivity contribution in [2.45, 2.75) is 38.5 Å². The Labute approximate surface area is 159 Å². The van der Waals surface area contributed by atoms with Crippen molar-refractivity contribution >= 4 is 27.5 Å². The van der Waals surface area contributed by atoms with E-state index in [-0.39, 0.29) is 11.8 Å². The minimum Gasteiger partial charge on any atom is -0.321 e. The highest BCUT2D eigenvalue weighted by Gasteiger charge is 2.27. The van der Waals surface area contributed by atoms with Crippen molar-refractivity contribution < 1.29 is 4.79 Å². The maximum absolute atomic E-state index is 12.6. The van der Waals surface area contributed by atoms with Gasteiger partial charge < -0.3 is 5.32 Å².